The molecule has 0 atom stereocenters. The van der Waals surface area contributed by atoms with Gasteiger partial charge in [0, 0.05) is 44.0 Å². The van der Waals surface area contributed by atoms with Gasteiger partial charge < -0.3 is 14.5 Å². The Morgan fingerprint density at radius 2 is 1.71 bits per heavy atom. The SMILES string of the molecule is N#CC(=Cc1ccc(OCc2cccc([N+](=O)[O-])c2)cc1)C(=O)N1CCN(c2ccccc2)CC1. The van der Waals surface area contributed by atoms with Crippen molar-refractivity contribution >= 4 is 23.4 Å². The van der Waals surface area contributed by atoms with Crippen LogP contribution in [0.15, 0.2) is 84.4 Å². The Morgan fingerprint density at radius 3 is 2.37 bits per heavy atom. The van der Waals surface area contributed by atoms with E-state index in [1.165, 1.54) is 12.1 Å². The highest BCUT2D eigenvalue weighted by molar-refractivity contribution is 6.01. The Hall–Kier alpha value is -4.64. The number of benzene rings is 3. The number of amides is 1. The minimum Gasteiger partial charge on any atom is -0.489 e. The fourth-order valence-corrected chi connectivity index (χ4v) is 3.87. The van der Waals surface area contributed by atoms with Crippen LogP contribution >= 0.6 is 0 Å². The van der Waals surface area contributed by atoms with Gasteiger partial charge in [-0.15, -0.1) is 0 Å². The maximum absolute atomic E-state index is 12.9. The molecule has 8 heteroatoms. The second-order valence-electron chi connectivity index (χ2n) is 8.07. The smallest absolute Gasteiger partial charge is 0.269 e. The summed E-state index contributed by atoms with van der Waals surface area (Å²) < 4.78 is 5.71. The van der Waals surface area contributed by atoms with Crippen LogP contribution in [0.2, 0.25) is 0 Å². The molecular formula is C27H24N4O4. The highest BCUT2D eigenvalue weighted by Crippen LogP contribution is 2.20. The predicted molar refractivity (Wildman–Crippen MR) is 133 cm³/mol. The van der Waals surface area contributed by atoms with E-state index in [9.17, 15) is 20.2 Å². The van der Waals surface area contributed by atoms with E-state index >= 15 is 0 Å². The average Bonchev–Trinajstić information content (AvgIpc) is 2.91. The summed E-state index contributed by atoms with van der Waals surface area (Å²) in [6, 6.07) is 25.4. The molecule has 1 saturated heterocycles. The van der Waals surface area contributed by atoms with Crippen molar-refractivity contribution in [2.24, 2.45) is 0 Å². The standard InChI is InChI=1S/C27H24N4O4/c28-19-23(27(32)30-15-13-29(14-16-30)24-6-2-1-3-7-24)17-21-9-11-26(12-10-21)35-20-22-5-4-8-25(18-22)31(33)34/h1-12,17-18H,13-16,20H2. The van der Waals surface area contributed by atoms with E-state index in [2.05, 4.69) is 17.0 Å². The Bertz CT molecular complexity index is 1260. The van der Waals surface area contributed by atoms with Crippen molar-refractivity contribution in [1.82, 2.24) is 4.90 Å². The summed E-state index contributed by atoms with van der Waals surface area (Å²) in [6.07, 6.45) is 1.58. The van der Waals surface area contributed by atoms with E-state index in [4.69, 9.17) is 4.74 Å². The molecule has 1 aliphatic heterocycles. The summed E-state index contributed by atoms with van der Waals surface area (Å²) in [7, 11) is 0. The quantitative estimate of drug-likeness (QED) is 0.220. The Morgan fingerprint density at radius 1 is 1.00 bits per heavy atom. The largest absolute Gasteiger partial charge is 0.489 e. The molecule has 176 valence electrons. The molecule has 0 N–H and O–H groups in total. The number of para-hydroxylation sites is 1. The van der Waals surface area contributed by atoms with Crippen molar-refractivity contribution in [3.05, 3.63) is 106 Å². The minimum absolute atomic E-state index is 0.0155. The van der Waals surface area contributed by atoms with Crippen molar-refractivity contribution < 1.29 is 14.5 Å². The molecular weight excluding hydrogens is 444 g/mol. The molecule has 0 radical (unpaired) electrons. The highest BCUT2D eigenvalue weighted by Gasteiger charge is 2.23. The molecule has 1 heterocycles. The number of nitro benzene ring substituents is 1. The number of carbonyl (C=O) groups is 1. The van der Waals surface area contributed by atoms with Gasteiger partial charge in [0.1, 0.15) is 24.0 Å². The molecule has 1 aliphatic rings. The first-order chi connectivity index (χ1) is 17.0. The van der Waals surface area contributed by atoms with Gasteiger partial charge in [-0.2, -0.15) is 5.26 Å². The molecule has 0 unspecified atom stereocenters. The second kappa shape index (κ2) is 11.0. The molecule has 4 rings (SSSR count). The van der Waals surface area contributed by atoms with E-state index in [0.717, 1.165) is 5.69 Å². The van der Waals surface area contributed by atoms with Crippen LogP contribution in [0.5, 0.6) is 5.75 Å². The summed E-state index contributed by atoms with van der Waals surface area (Å²) >= 11 is 0. The van der Waals surface area contributed by atoms with Crippen LogP contribution in [0.3, 0.4) is 0 Å². The minimum atomic E-state index is -0.443. The maximum Gasteiger partial charge on any atom is 0.269 e. The van der Waals surface area contributed by atoms with Gasteiger partial charge in [0.25, 0.3) is 11.6 Å². The van der Waals surface area contributed by atoms with Gasteiger partial charge in [0.15, 0.2) is 0 Å². The number of anilines is 1. The number of hydrogen-bond donors (Lipinski definition) is 0. The number of hydrogen-bond acceptors (Lipinski definition) is 6. The number of piperazine rings is 1. The Kier molecular flexibility index (Phi) is 7.38. The van der Waals surface area contributed by atoms with Crippen molar-refractivity contribution in [3.8, 4) is 11.8 Å². The average molecular weight is 469 g/mol. The third-order valence-corrected chi connectivity index (χ3v) is 5.76. The zero-order valence-electron chi connectivity index (χ0n) is 19.0. The van der Waals surface area contributed by atoms with Crippen molar-refractivity contribution in [3.63, 3.8) is 0 Å². The third kappa shape index (κ3) is 6.03. The third-order valence-electron chi connectivity index (χ3n) is 5.76. The molecule has 8 nitrogen and oxygen atoms in total. The molecule has 1 fully saturated rings. The molecule has 3 aromatic rings. The van der Waals surface area contributed by atoms with Gasteiger partial charge in [-0.3, -0.25) is 14.9 Å². The number of non-ortho nitro benzene ring substituents is 1. The first-order valence-electron chi connectivity index (χ1n) is 11.2. The van der Waals surface area contributed by atoms with E-state index in [1.807, 2.05) is 24.3 Å². The zero-order chi connectivity index (χ0) is 24.6. The van der Waals surface area contributed by atoms with Gasteiger partial charge in [0.2, 0.25) is 0 Å². The lowest BCUT2D eigenvalue weighted by Gasteiger charge is -2.36. The predicted octanol–water partition coefficient (Wildman–Crippen LogP) is 4.43. The van der Waals surface area contributed by atoms with Gasteiger partial charge >= 0.3 is 0 Å². The van der Waals surface area contributed by atoms with Crippen LogP contribution in [0.1, 0.15) is 11.1 Å². The van der Waals surface area contributed by atoms with Crippen LogP contribution in [-0.2, 0) is 11.4 Å². The highest BCUT2D eigenvalue weighted by atomic mass is 16.6. The first-order valence-corrected chi connectivity index (χ1v) is 11.2. The maximum atomic E-state index is 12.9. The fourth-order valence-electron chi connectivity index (χ4n) is 3.87. The van der Waals surface area contributed by atoms with E-state index in [0.29, 0.717) is 43.1 Å². The number of nitro groups is 1. The first kappa shape index (κ1) is 23.5. The van der Waals surface area contributed by atoms with Crippen LogP contribution in [0.25, 0.3) is 6.08 Å². The monoisotopic (exact) mass is 468 g/mol. The van der Waals surface area contributed by atoms with Crippen LogP contribution in [-0.4, -0.2) is 41.9 Å². The molecule has 3 aromatic carbocycles. The van der Waals surface area contributed by atoms with Crippen LogP contribution in [0, 0.1) is 21.4 Å². The fraction of sp³-hybridized carbons (Fsp3) is 0.185. The number of nitrogens with zero attached hydrogens (tertiary/aromatic N) is 4. The van der Waals surface area contributed by atoms with Gasteiger partial charge in [-0.25, -0.2) is 0 Å². The molecule has 0 saturated carbocycles. The van der Waals surface area contributed by atoms with E-state index < -0.39 is 4.92 Å². The summed E-state index contributed by atoms with van der Waals surface area (Å²) in [4.78, 5) is 27.3. The molecule has 0 bridgehead atoms. The van der Waals surface area contributed by atoms with Crippen LogP contribution < -0.4 is 9.64 Å². The normalized spacial score (nSPS) is 13.7. The molecule has 0 spiro atoms. The van der Waals surface area contributed by atoms with Gasteiger partial charge in [-0.1, -0.05) is 42.5 Å². The van der Waals surface area contributed by atoms with E-state index in [1.54, 1.807) is 47.4 Å². The summed E-state index contributed by atoms with van der Waals surface area (Å²) in [5, 5.41) is 20.5. The van der Waals surface area contributed by atoms with Crippen molar-refractivity contribution in [1.29, 1.82) is 5.26 Å². The number of rotatable bonds is 7. The van der Waals surface area contributed by atoms with E-state index in [-0.39, 0.29) is 23.8 Å². The molecule has 35 heavy (non-hydrogen) atoms. The lowest BCUT2D eigenvalue weighted by Crippen LogP contribution is -2.49. The lowest BCUT2D eigenvalue weighted by atomic mass is 10.1. The molecule has 0 aliphatic carbocycles. The summed E-state index contributed by atoms with van der Waals surface area (Å²) in [6.45, 7) is 2.72. The van der Waals surface area contributed by atoms with Gasteiger partial charge in [0.05, 0.1) is 4.92 Å². The lowest BCUT2D eigenvalue weighted by molar-refractivity contribution is -0.384. The van der Waals surface area contributed by atoms with Crippen LogP contribution in [0.4, 0.5) is 11.4 Å². The summed E-state index contributed by atoms with van der Waals surface area (Å²) in [5.74, 6) is 0.307. The Balaban J connectivity index is 1.35. The van der Waals surface area contributed by atoms with Crippen molar-refractivity contribution in [2.75, 3.05) is 31.1 Å². The van der Waals surface area contributed by atoms with Gasteiger partial charge in [-0.05, 0) is 41.5 Å². The molecule has 1 amide bonds. The summed E-state index contributed by atoms with van der Waals surface area (Å²) in [5.41, 5.74) is 2.63. The number of ether oxygens (including phenoxy) is 1. The number of carbonyl (C=O) groups excluding carboxylic acids is 1. The Labute approximate surface area is 203 Å². The molecule has 0 aromatic heterocycles. The second-order valence-corrected chi connectivity index (χ2v) is 8.07. The van der Waals surface area contributed by atoms with Crippen molar-refractivity contribution in [2.45, 2.75) is 6.61 Å². The number of nitriles is 1. The topological polar surface area (TPSA) is 99.7 Å². The zero-order valence-corrected chi connectivity index (χ0v) is 19.0.